The average Bonchev–Trinajstić information content (AvgIpc) is 3.41. The molecule has 2 aliphatic rings. The first kappa shape index (κ1) is 22.9. The summed E-state index contributed by atoms with van der Waals surface area (Å²) in [7, 11) is 0. The minimum Gasteiger partial charge on any atom is -0.454 e. The minimum absolute atomic E-state index is 0.435. The van der Waals surface area contributed by atoms with Crippen LogP contribution in [0.15, 0.2) is 144 Å². The molecule has 1 unspecified atom stereocenters. The molecule has 0 spiro atoms. The lowest BCUT2D eigenvalue weighted by Crippen LogP contribution is -2.13. The Morgan fingerprint density at radius 3 is 2.35 bits per heavy atom. The molecule has 0 saturated heterocycles. The van der Waals surface area contributed by atoms with Crippen molar-refractivity contribution >= 4 is 50.6 Å². The molecule has 0 amide bonds. The van der Waals surface area contributed by atoms with Crippen LogP contribution in [0.2, 0.25) is 0 Å². The zero-order valence-electron chi connectivity index (χ0n) is 22.0. The fourth-order valence-electron chi connectivity index (χ4n) is 6.19. The van der Waals surface area contributed by atoms with E-state index in [0.29, 0.717) is 5.92 Å². The van der Waals surface area contributed by atoms with E-state index in [-0.39, 0.29) is 0 Å². The molecule has 0 N–H and O–H groups in total. The van der Waals surface area contributed by atoms with Gasteiger partial charge in [-0.25, -0.2) is 0 Å². The third-order valence-electron chi connectivity index (χ3n) is 8.17. The molecule has 0 aliphatic heterocycles. The molecule has 1 atom stereocenters. The third kappa shape index (κ3) is 3.72. The van der Waals surface area contributed by atoms with Gasteiger partial charge < -0.3 is 9.32 Å². The van der Waals surface area contributed by atoms with Gasteiger partial charge in [-0.3, -0.25) is 0 Å². The molecular formula is C38H27NO. The number of benzene rings is 5. The molecule has 2 heteroatoms. The maximum atomic E-state index is 6.53. The van der Waals surface area contributed by atoms with Crippen LogP contribution in [0.3, 0.4) is 0 Å². The molecule has 8 rings (SSSR count). The molecule has 1 heterocycles. The minimum atomic E-state index is 0.435. The van der Waals surface area contributed by atoms with Crippen LogP contribution >= 0.6 is 0 Å². The molecule has 0 radical (unpaired) electrons. The first-order valence-electron chi connectivity index (χ1n) is 13.9. The van der Waals surface area contributed by atoms with Crippen LogP contribution in [0.4, 0.5) is 17.1 Å². The number of para-hydroxylation sites is 2. The van der Waals surface area contributed by atoms with E-state index in [1.165, 1.54) is 27.8 Å². The highest BCUT2D eigenvalue weighted by Crippen LogP contribution is 2.45. The van der Waals surface area contributed by atoms with Crippen molar-refractivity contribution in [2.45, 2.75) is 6.42 Å². The summed E-state index contributed by atoms with van der Waals surface area (Å²) in [5, 5.41) is 2.26. The van der Waals surface area contributed by atoms with Gasteiger partial charge in [0.15, 0.2) is 5.58 Å². The van der Waals surface area contributed by atoms with Gasteiger partial charge in [-0.2, -0.15) is 0 Å². The number of nitrogens with zero attached hydrogens (tertiary/aromatic N) is 1. The highest BCUT2D eigenvalue weighted by atomic mass is 16.3. The predicted octanol–water partition coefficient (Wildman–Crippen LogP) is 10.7. The van der Waals surface area contributed by atoms with Crippen molar-refractivity contribution in [3.05, 3.63) is 151 Å². The summed E-state index contributed by atoms with van der Waals surface area (Å²) in [5.41, 5.74) is 11.4. The first-order chi connectivity index (χ1) is 19.8. The largest absolute Gasteiger partial charge is 0.454 e. The Labute approximate surface area is 233 Å². The van der Waals surface area contributed by atoms with Crippen molar-refractivity contribution in [1.82, 2.24) is 0 Å². The van der Waals surface area contributed by atoms with E-state index in [0.717, 1.165) is 45.4 Å². The van der Waals surface area contributed by atoms with Crippen LogP contribution in [0, 0.1) is 5.92 Å². The molecule has 40 heavy (non-hydrogen) atoms. The van der Waals surface area contributed by atoms with Crippen LogP contribution in [0.5, 0.6) is 0 Å². The van der Waals surface area contributed by atoms with Gasteiger partial charge in [-0.15, -0.1) is 0 Å². The average molecular weight is 514 g/mol. The number of hydrogen-bond donors (Lipinski definition) is 0. The quantitative estimate of drug-likeness (QED) is 0.233. The van der Waals surface area contributed by atoms with Gasteiger partial charge in [-0.1, -0.05) is 109 Å². The third-order valence-corrected chi connectivity index (χ3v) is 8.17. The zero-order chi connectivity index (χ0) is 26.5. The normalized spacial score (nSPS) is 15.6. The maximum Gasteiger partial charge on any atom is 0.159 e. The van der Waals surface area contributed by atoms with Crippen molar-refractivity contribution in [1.29, 1.82) is 0 Å². The Hall–Kier alpha value is -5.08. The van der Waals surface area contributed by atoms with Gasteiger partial charge in [0.25, 0.3) is 0 Å². The second-order valence-corrected chi connectivity index (χ2v) is 10.5. The SMILES string of the molecule is C1=CCC2C=Cc3ccc(N(c4ccc(-c5ccccc5)cc4)c4cccc5c4oc4ccccc45)cc3C2=C1. The van der Waals surface area contributed by atoms with Gasteiger partial charge in [-0.05, 0) is 70.6 Å². The summed E-state index contributed by atoms with van der Waals surface area (Å²) in [5.74, 6) is 0.435. The summed E-state index contributed by atoms with van der Waals surface area (Å²) in [6, 6.07) is 41.0. The second kappa shape index (κ2) is 9.29. The van der Waals surface area contributed by atoms with Crippen molar-refractivity contribution in [2.75, 3.05) is 4.90 Å². The van der Waals surface area contributed by atoms with Crippen molar-refractivity contribution < 1.29 is 4.42 Å². The Balaban J connectivity index is 1.34. The van der Waals surface area contributed by atoms with E-state index in [1.54, 1.807) is 0 Å². The summed E-state index contributed by atoms with van der Waals surface area (Å²) < 4.78 is 6.53. The molecule has 2 aliphatic carbocycles. The molecule has 1 aromatic heterocycles. The Bertz CT molecular complexity index is 1970. The molecule has 0 bridgehead atoms. The second-order valence-electron chi connectivity index (χ2n) is 10.5. The Kier molecular flexibility index (Phi) is 5.31. The van der Waals surface area contributed by atoms with Crippen LogP contribution < -0.4 is 4.90 Å². The number of hydrogen-bond acceptors (Lipinski definition) is 2. The van der Waals surface area contributed by atoms with E-state index in [2.05, 4.69) is 138 Å². The van der Waals surface area contributed by atoms with Crippen LogP contribution in [0.25, 0.3) is 44.7 Å². The van der Waals surface area contributed by atoms with Gasteiger partial charge in [0.2, 0.25) is 0 Å². The lowest BCUT2D eigenvalue weighted by atomic mass is 9.80. The number of furan rings is 1. The number of fused-ring (bicyclic) bond motifs is 6. The molecular weight excluding hydrogens is 486 g/mol. The molecule has 0 saturated carbocycles. The number of anilines is 3. The molecule has 2 nitrogen and oxygen atoms in total. The van der Waals surface area contributed by atoms with Crippen molar-refractivity contribution in [2.24, 2.45) is 5.92 Å². The lowest BCUT2D eigenvalue weighted by Gasteiger charge is -2.29. The highest BCUT2D eigenvalue weighted by Gasteiger charge is 2.24. The van der Waals surface area contributed by atoms with Gasteiger partial charge >= 0.3 is 0 Å². The maximum absolute atomic E-state index is 6.53. The van der Waals surface area contributed by atoms with E-state index in [1.807, 2.05) is 12.1 Å². The van der Waals surface area contributed by atoms with Crippen molar-refractivity contribution in [3.8, 4) is 11.1 Å². The van der Waals surface area contributed by atoms with E-state index in [4.69, 9.17) is 4.42 Å². The molecule has 0 fully saturated rings. The van der Waals surface area contributed by atoms with Gasteiger partial charge in [0, 0.05) is 28.1 Å². The molecule has 190 valence electrons. The van der Waals surface area contributed by atoms with Crippen LogP contribution in [-0.4, -0.2) is 0 Å². The van der Waals surface area contributed by atoms with Gasteiger partial charge in [0.05, 0.1) is 5.69 Å². The van der Waals surface area contributed by atoms with Gasteiger partial charge in [0.1, 0.15) is 5.58 Å². The predicted molar refractivity (Wildman–Crippen MR) is 168 cm³/mol. The summed E-state index contributed by atoms with van der Waals surface area (Å²) in [6.07, 6.45) is 12.4. The zero-order valence-corrected chi connectivity index (χ0v) is 22.0. The molecule has 5 aromatic carbocycles. The van der Waals surface area contributed by atoms with E-state index in [9.17, 15) is 0 Å². The Morgan fingerprint density at radius 1 is 0.675 bits per heavy atom. The lowest BCUT2D eigenvalue weighted by molar-refractivity contribution is 0.669. The molecule has 6 aromatic rings. The summed E-state index contributed by atoms with van der Waals surface area (Å²) in [6.45, 7) is 0. The summed E-state index contributed by atoms with van der Waals surface area (Å²) >= 11 is 0. The topological polar surface area (TPSA) is 16.4 Å². The monoisotopic (exact) mass is 513 g/mol. The highest BCUT2D eigenvalue weighted by molar-refractivity contribution is 6.10. The fourth-order valence-corrected chi connectivity index (χ4v) is 6.19. The smallest absolute Gasteiger partial charge is 0.159 e. The van der Waals surface area contributed by atoms with E-state index >= 15 is 0 Å². The van der Waals surface area contributed by atoms with Crippen LogP contribution in [-0.2, 0) is 0 Å². The summed E-state index contributed by atoms with van der Waals surface area (Å²) in [4.78, 5) is 2.34. The standard InChI is InChI=1S/C38H27NO/c1-2-9-26(10-3-1)27-19-22-30(23-20-27)39(36-15-8-14-34-33-13-6-7-16-37(33)40-38(34)36)31-24-21-29-18-17-28-11-4-5-12-32(28)35(29)25-31/h1-10,12-25,28H,11H2. The fraction of sp³-hybridized carbons (Fsp3) is 0.0526. The van der Waals surface area contributed by atoms with Crippen LogP contribution in [0.1, 0.15) is 17.5 Å². The number of allylic oxidation sites excluding steroid dienone is 5. The van der Waals surface area contributed by atoms with Crippen molar-refractivity contribution in [3.63, 3.8) is 0 Å². The first-order valence-corrected chi connectivity index (χ1v) is 13.9. The Morgan fingerprint density at radius 2 is 1.45 bits per heavy atom. The number of rotatable bonds is 4. The van der Waals surface area contributed by atoms with E-state index < -0.39 is 0 Å².